The van der Waals surface area contributed by atoms with E-state index >= 15 is 0 Å². The summed E-state index contributed by atoms with van der Waals surface area (Å²) in [6.45, 7) is 17.4. The summed E-state index contributed by atoms with van der Waals surface area (Å²) >= 11 is 9.23. The van der Waals surface area contributed by atoms with Gasteiger partial charge in [0.05, 0.1) is 27.1 Å². The number of aryl methyl sites for hydroxylation is 2. The molecule has 22 rings (SSSR count). The molecule has 582 valence electrons. The van der Waals surface area contributed by atoms with E-state index in [1.165, 1.54) is 98.7 Å². The van der Waals surface area contributed by atoms with E-state index in [0.29, 0.717) is 38.3 Å². The number of anilines is 9. The van der Waals surface area contributed by atoms with Crippen molar-refractivity contribution in [1.82, 2.24) is 4.98 Å². The zero-order chi connectivity index (χ0) is 82.4. The molecule has 0 saturated carbocycles. The first-order chi connectivity index (χ1) is 58.1. The molecular weight excluding hydrogens is 1590 g/mol. The molecule has 10 nitrogen and oxygen atoms in total. The maximum absolute atomic E-state index is 13.2. The zero-order valence-corrected chi connectivity index (χ0v) is 71.5. The Hall–Kier alpha value is -12.8. The average Bonchev–Trinajstić information content (AvgIpc) is 1.55. The van der Waals surface area contributed by atoms with Gasteiger partial charge in [-0.1, -0.05) is 169 Å². The largest absolute Gasteiger partial charge is 0.310 e. The number of hydrogen-bond acceptors (Lipinski definition) is 16. The van der Waals surface area contributed by atoms with Crippen LogP contribution in [0.5, 0.6) is 0 Å². The number of thiophene rings is 6. The van der Waals surface area contributed by atoms with Gasteiger partial charge in [-0.25, -0.2) is 4.98 Å². The zero-order valence-electron chi connectivity index (χ0n) is 66.6. The molecule has 9 aromatic carbocycles. The molecule has 0 spiro atoms. The van der Waals surface area contributed by atoms with Crippen molar-refractivity contribution in [3.05, 3.63) is 390 Å². The van der Waals surface area contributed by atoms with E-state index in [1.807, 2.05) is 80.6 Å². The summed E-state index contributed by atoms with van der Waals surface area (Å²) in [6.07, 6.45) is 5.38. The maximum atomic E-state index is 13.2. The molecule has 7 aromatic heterocycles. The first-order valence-corrected chi connectivity index (χ1v) is 44.7. The molecule has 6 aliphatic carbocycles. The minimum atomic E-state index is -0.255. The Morgan fingerprint density at radius 2 is 0.650 bits per heavy atom. The molecule has 16 heteroatoms. The molecular formula is C104H74N4O6S6. The van der Waals surface area contributed by atoms with Crippen molar-refractivity contribution in [2.75, 3.05) is 14.7 Å². The number of para-hydroxylation sites is 6. The topological polar surface area (TPSA) is 125 Å². The van der Waals surface area contributed by atoms with Crippen molar-refractivity contribution in [3.8, 4) is 31.3 Å². The van der Waals surface area contributed by atoms with Gasteiger partial charge in [-0.3, -0.25) is 33.7 Å². The van der Waals surface area contributed by atoms with Gasteiger partial charge in [0.15, 0.2) is 28.9 Å². The van der Waals surface area contributed by atoms with Crippen molar-refractivity contribution >= 4 is 183 Å². The molecule has 0 saturated heterocycles. The third kappa shape index (κ3) is 12.5. The van der Waals surface area contributed by atoms with Crippen LogP contribution in [0.15, 0.2) is 300 Å². The summed E-state index contributed by atoms with van der Waals surface area (Å²) in [5.74, 6) is -0.0671. The smallest absolute Gasteiger partial charge is 0.207 e. The second kappa shape index (κ2) is 29.3. The van der Waals surface area contributed by atoms with E-state index in [4.69, 9.17) is 4.98 Å². The number of ketones is 6. The third-order valence-corrected chi connectivity index (χ3v) is 30.0. The highest BCUT2D eigenvalue weighted by molar-refractivity contribution is 7.18. The lowest BCUT2D eigenvalue weighted by atomic mass is 9.82. The lowest BCUT2D eigenvalue weighted by molar-refractivity contribution is 0.0974. The molecule has 7 heterocycles. The lowest BCUT2D eigenvalue weighted by Crippen LogP contribution is -2.16. The van der Waals surface area contributed by atoms with E-state index in [0.717, 1.165) is 86.6 Å². The number of pyridine rings is 1. The number of aromatic nitrogens is 1. The highest BCUT2D eigenvalue weighted by atomic mass is 32.1. The van der Waals surface area contributed by atoms with Crippen LogP contribution in [0.3, 0.4) is 0 Å². The Bertz CT molecular complexity index is 6920. The molecule has 0 unspecified atom stereocenters. The van der Waals surface area contributed by atoms with Crippen LogP contribution in [-0.4, -0.2) is 39.7 Å². The number of nitrogens with zero attached hydrogens (tertiary/aromatic N) is 4. The molecule has 0 bridgehead atoms. The molecule has 6 aliphatic rings. The summed E-state index contributed by atoms with van der Waals surface area (Å²) in [4.78, 5) is 98.5. The van der Waals surface area contributed by atoms with Crippen molar-refractivity contribution in [2.45, 2.75) is 71.6 Å². The van der Waals surface area contributed by atoms with Gasteiger partial charge < -0.3 is 9.80 Å². The minimum Gasteiger partial charge on any atom is -0.310 e. The van der Waals surface area contributed by atoms with Crippen molar-refractivity contribution in [1.29, 1.82) is 0 Å². The highest BCUT2D eigenvalue weighted by Gasteiger charge is 2.44. The first kappa shape index (κ1) is 75.9. The Kier molecular flexibility index (Phi) is 18.6. The van der Waals surface area contributed by atoms with Gasteiger partial charge in [0, 0.05) is 145 Å². The van der Waals surface area contributed by atoms with Gasteiger partial charge in [-0.2, -0.15) is 11.3 Å². The number of allylic oxidation sites excluding steroid dienone is 3. The van der Waals surface area contributed by atoms with Crippen LogP contribution in [0.1, 0.15) is 161 Å². The predicted octanol–water partition coefficient (Wildman–Crippen LogP) is 28.3. The predicted molar refractivity (Wildman–Crippen MR) is 497 cm³/mol. The Balaban J connectivity index is 0.000000115. The quantitative estimate of drug-likeness (QED) is 0.0862. The van der Waals surface area contributed by atoms with E-state index in [9.17, 15) is 28.8 Å². The summed E-state index contributed by atoms with van der Waals surface area (Å²) in [7, 11) is 0. The van der Waals surface area contributed by atoms with Crippen LogP contribution < -0.4 is 14.7 Å². The van der Waals surface area contributed by atoms with Gasteiger partial charge in [0.2, 0.25) is 5.78 Å². The summed E-state index contributed by atoms with van der Waals surface area (Å²) in [5.41, 5.74) is 23.8. The van der Waals surface area contributed by atoms with Crippen LogP contribution >= 0.6 is 68.0 Å². The van der Waals surface area contributed by atoms with Crippen LogP contribution in [0.25, 0.3) is 60.5 Å². The van der Waals surface area contributed by atoms with Gasteiger partial charge in [0.25, 0.3) is 0 Å². The number of benzene rings is 9. The Labute approximate surface area is 719 Å². The Morgan fingerprint density at radius 3 is 1.05 bits per heavy atom. The maximum Gasteiger partial charge on any atom is 0.207 e. The van der Waals surface area contributed by atoms with Crippen LogP contribution in [0.2, 0.25) is 0 Å². The van der Waals surface area contributed by atoms with E-state index < -0.39 is 0 Å². The van der Waals surface area contributed by atoms with E-state index in [1.54, 1.807) is 68.4 Å². The van der Waals surface area contributed by atoms with Crippen LogP contribution in [0.4, 0.5) is 51.3 Å². The van der Waals surface area contributed by atoms with Crippen molar-refractivity contribution in [2.24, 2.45) is 0 Å². The van der Waals surface area contributed by atoms with Crippen LogP contribution in [-0.2, 0) is 16.2 Å². The van der Waals surface area contributed by atoms with Gasteiger partial charge in [0.1, 0.15) is 5.82 Å². The second-order valence-electron chi connectivity index (χ2n) is 32.3. The molecule has 0 fully saturated rings. The van der Waals surface area contributed by atoms with Crippen molar-refractivity contribution in [3.63, 3.8) is 0 Å². The summed E-state index contributed by atoms with van der Waals surface area (Å²) < 4.78 is 0. The number of hydrogen-bond donors (Lipinski definition) is 0. The molecule has 0 aliphatic heterocycles. The monoisotopic (exact) mass is 1670 g/mol. The third-order valence-electron chi connectivity index (χ3n) is 24.0. The fourth-order valence-electron chi connectivity index (χ4n) is 17.9. The molecule has 0 amide bonds. The fraction of sp³-hybridized carbons (Fsp3) is 0.106. The molecule has 16 aromatic rings. The van der Waals surface area contributed by atoms with E-state index in [2.05, 4.69) is 256 Å². The molecule has 0 N–H and O–H groups in total. The fourth-order valence-corrected chi connectivity index (χ4v) is 24.5. The minimum absolute atomic E-state index is 0.137. The number of rotatable bonds is 12. The molecule has 0 atom stereocenters. The second-order valence-corrected chi connectivity index (χ2v) is 38.6. The van der Waals surface area contributed by atoms with Gasteiger partial charge in [-0.15, -0.1) is 56.7 Å². The number of Topliss-reactive ketones (excluding diaryl/α,β-unsaturated/α-hetero) is 6. The number of carbonyl (C=O) groups is 6. The Morgan fingerprint density at radius 1 is 0.300 bits per heavy atom. The van der Waals surface area contributed by atoms with Gasteiger partial charge in [-0.05, 0) is 227 Å². The van der Waals surface area contributed by atoms with Gasteiger partial charge >= 0.3 is 0 Å². The lowest BCUT2D eigenvalue weighted by Gasteiger charge is -2.28. The summed E-state index contributed by atoms with van der Waals surface area (Å²) in [5, 5.41) is 6.46. The first-order valence-electron chi connectivity index (χ1n) is 39.6. The SMILES string of the molecule is CC1(C)c2cc(N(c3ccccc3)c3ccc4ccccc4n3)ccc2-c2sc(C=C3C(=O)c4cscc4C3=O)cc21.CC1(C)c2cc(N(c3ccccc3)c3ccccc3)ccc2-c2sc(/C=C3\C(=O)c4ccsc4C3=O)cc21.Cc1sc(C)c2c1C(=O)C(=Cc1cc3c(s1)-c1ccc(N(c4ccccc4)c4ccccc4)cc1C3(C)C)C2=O. The van der Waals surface area contributed by atoms with E-state index in [-0.39, 0.29) is 62.1 Å². The normalized spacial score (nSPS) is 15.1. The standard InChI is InChI=1S/C36H24N2O2S2.C35H27NO2S2.C33H23NO2S2/c1-36(2)29-16-23(38(22-9-4-3-5-10-22)32-15-12-21-8-6-7-11-31(21)37-32)13-14-25(29)35-30(36)18-24(42-35)17-26-33(39)27-19-41-20-28(27)34(26)40;1-20-30-31(21(2)39-20)33(38)27(32(30)37)18-25-19-29-34(40-25)26-16-15-24(17-28(26)35(29,3)4)36(22-11-7-5-8-12-22)23-13-9-6-10-14-23;1-33(2)27-17-22(34(20-9-5-3-6-10-20)21-11-7-4-8-12-21)13-14-24(27)31-28(33)19-23(38-31)18-26-29(35)25-15-16-37-32(25)30(26)36/h3-20H,1-2H3;5-19H,1-4H3;3-19H,1-2H3/b;;26-18+. The molecule has 120 heavy (non-hydrogen) atoms. The molecule has 0 radical (unpaired) electrons. The highest BCUT2D eigenvalue weighted by Crippen LogP contribution is 2.58. The number of carbonyl (C=O) groups excluding carboxylic acids is 6. The summed E-state index contributed by atoms with van der Waals surface area (Å²) in [6, 6.07) is 92.8. The average molecular weight is 1670 g/mol. The number of fused-ring (bicyclic) bond motifs is 13. The van der Waals surface area contributed by atoms with Crippen molar-refractivity contribution < 1.29 is 28.8 Å². The van der Waals surface area contributed by atoms with Crippen LogP contribution in [0, 0.1) is 13.8 Å².